The van der Waals surface area contributed by atoms with Gasteiger partial charge in [0.05, 0.1) is 0 Å². The molecule has 0 fully saturated rings. The summed E-state index contributed by atoms with van der Waals surface area (Å²) >= 11 is 0. The molecule has 0 radical (unpaired) electrons. The zero-order valence-corrected chi connectivity index (χ0v) is 8.36. The van der Waals surface area contributed by atoms with Gasteiger partial charge in [-0.25, -0.2) is 4.79 Å². The first-order valence-corrected chi connectivity index (χ1v) is 4.63. The van der Waals surface area contributed by atoms with E-state index in [0.29, 0.717) is 13.1 Å². The Morgan fingerprint density at radius 3 is 2.93 bits per heavy atom. The highest BCUT2D eigenvalue weighted by Gasteiger charge is 1.98. The first-order chi connectivity index (χ1) is 7.22. The number of phenols is 1. The summed E-state index contributed by atoms with van der Waals surface area (Å²) in [7, 11) is 0. The number of aromatic hydroxyl groups is 1. The molecule has 0 spiro atoms. The maximum absolute atomic E-state index is 11.1. The van der Waals surface area contributed by atoms with Crippen LogP contribution in [-0.2, 0) is 6.54 Å². The van der Waals surface area contributed by atoms with Gasteiger partial charge in [-0.05, 0) is 17.7 Å². The van der Waals surface area contributed by atoms with Gasteiger partial charge in [-0.15, -0.1) is 6.58 Å². The molecule has 15 heavy (non-hydrogen) atoms. The molecule has 4 heteroatoms. The highest BCUT2D eigenvalue weighted by atomic mass is 16.3. The molecule has 1 rings (SSSR count). The third kappa shape index (κ3) is 4.17. The number of hydrogen-bond acceptors (Lipinski definition) is 2. The van der Waals surface area contributed by atoms with Gasteiger partial charge in [0, 0.05) is 13.1 Å². The van der Waals surface area contributed by atoms with Crippen molar-refractivity contribution in [2.45, 2.75) is 6.54 Å². The van der Waals surface area contributed by atoms with Crippen molar-refractivity contribution < 1.29 is 9.90 Å². The Bertz CT molecular complexity index is 350. The Hall–Kier alpha value is -1.97. The van der Waals surface area contributed by atoms with E-state index in [1.54, 1.807) is 24.3 Å². The van der Waals surface area contributed by atoms with Crippen molar-refractivity contribution in [1.82, 2.24) is 10.6 Å². The van der Waals surface area contributed by atoms with E-state index in [1.165, 1.54) is 0 Å². The molecule has 2 amide bonds. The van der Waals surface area contributed by atoms with Gasteiger partial charge in [0.15, 0.2) is 0 Å². The van der Waals surface area contributed by atoms with Crippen molar-refractivity contribution >= 4 is 6.03 Å². The van der Waals surface area contributed by atoms with E-state index in [-0.39, 0.29) is 11.8 Å². The van der Waals surface area contributed by atoms with Crippen LogP contribution in [0.1, 0.15) is 5.56 Å². The molecule has 0 saturated heterocycles. The normalized spacial score (nSPS) is 9.33. The maximum Gasteiger partial charge on any atom is 0.315 e. The molecular weight excluding hydrogens is 192 g/mol. The van der Waals surface area contributed by atoms with Gasteiger partial charge >= 0.3 is 6.03 Å². The van der Waals surface area contributed by atoms with Gasteiger partial charge in [-0.3, -0.25) is 0 Å². The zero-order valence-electron chi connectivity index (χ0n) is 8.36. The summed E-state index contributed by atoms with van der Waals surface area (Å²) in [5.41, 5.74) is 0.851. The SMILES string of the molecule is C=CCNC(=O)NCc1cccc(O)c1. The summed E-state index contributed by atoms with van der Waals surface area (Å²) in [5, 5.41) is 14.4. The number of rotatable bonds is 4. The summed E-state index contributed by atoms with van der Waals surface area (Å²) in [6, 6.07) is 6.49. The molecule has 0 aliphatic rings. The molecule has 4 nitrogen and oxygen atoms in total. The number of phenolic OH excluding ortho intramolecular Hbond substituents is 1. The third-order valence-electron chi connectivity index (χ3n) is 1.77. The van der Waals surface area contributed by atoms with Crippen LogP contribution >= 0.6 is 0 Å². The monoisotopic (exact) mass is 206 g/mol. The van der Waals surface area contributed by atoms with Crippen LogP contribution in [0.5, 0.6) is 5.75 Å². The number of benzene rings is 1. The fourth-order valence-corrected chi connectivity index (χ4v) is 1.08. The molecular formula is C11H14N2O2. The molecule has 0 aliphatic carbocycles. The number of carbonyl (C=O) groups excluding carboxylic acids is 1. The van der Waals surface area contributed by atoms with Crippen LogP contribution in [0.4, 0.5) is 4.79 Å². The number of nitrogens with one attached hydrogen (secondary N) is 2. The second-order valence-electron chi connectivity index (χ2n) is 3.02. The van der Waals surface area contributed by atoms with E-state index in [2.05, 4.69) is 17.2 Å². The quantitative estimate of drug-likeness (QED) is 0.652. The van der Waals surface area contributed by atoms with Crippen LogP contribution in [-0.4, -0.2) is 17.7 Å². The van der Waals surface area contributed by atoms with Crippen molar-refractivity contribution in [2.75, 3.05) is 6.54 Å². The predicted molar refractivity (Wildman–Crippen MR) is 58.5 cm³/mol. The van der Waals surface area contributed by atoms with Crippen molar-refractivity contribution in [3.05, 3.63) is 42.5 Å². The van der Waals surface area contributed by atoms with E-state index in [9.17, 15) is 9.90 Å². The fraction of sp³-hybridized carbons (Fsp3) is 0.182. The van der Waals surface area contributed by atoms with Gasteiger partial charge in [0.25, 0.3) is 0 Å². The smallest absolute Gasteiger partial charge is 0.315 e. The van der Waals surface area contributed by atoms with Crippen LogP contribution in [0.25, 0.3) is 0 Å². The summed E-state index contributed by atoms with van der Waals surface area (Å²) in [6.45, 7) is 4.31. The number of urea groups is 1. The average molecular weight is 206 g/mol. The minimum atomic E-state index is -0.252. The lowest BCUT2D eigenvalue weighted by Crippen LogP contribution is -2.34. The van der Waals surface area contributed by atoms with Crippen molar-refractivity contribution in [3.8, 4) is 5.75 Å². The Kier molecular flexibility index (Phi) is 4.22. The van der Waals surface area contributed by atoms with E-state index in [0.717, 1.165) is 5.56 Å². The van der Waals surface area contributed by atoms with Gasteiger partial charge < -0.3 is 15.7 Å². The molecule has 0 saturated carbocycles. The minimum Gasteiger partial charge on any atom is -0.508 e. The summed E-state index contributed by atoms with van der Waals surface area (Å²) in [6.07, 6.45) is 1.61. The Morgan fingerprint density at radius 1 is 1.47 bits per heavy atom. The minimum absolute atomic E-state index is 0.195. The van der Waals surface area contributed by atoms with Gasteiger partial charge in [-0.2, -0.15) is 0 Å². The number of hydrogen-bond donors (Lipinski definition) is 3. The first-order valence-electron chi connectivity index (χ1n) is 4.63. The highest BCUT2D eigenvalue weighted by Crippen LogP contribution is 2.10. The summed E-state index contributed by atoms with van der Waals surface area (Å²) < 4.78 is 0. The molecule has 0 bridgehead atoms. The van der Waals surface area contributed by atoms with Crippen molar-refractivity contribution in [1.29, 1.82) is 0 Å². The second kappa shape index (κ2) is 5.70. The lowest BCUT2D eigenvalue weighted by molar-refractivity contribution is 0.241. The molecule has 1 aromatic rings. The van der Waals surface area contributed by atoms with Crippen molar-refractivity contribution in [2.24, 2.45) is 0 Å². The largest absolute Gasteiger partial charge is 0.508 e. The summed E-state index contributed by atoms with van der Waals surface area (Å²) in [5.74, 6) is 0.195. The zero-order chi connectivity index (χ0) is 11.1. The van der Waals surface area contributed by atoms with Crippen LogP contribution in [0.15, 0.2) is 36.9 Å². The third-order valence-corrected chi connectivity index (χ3v) is 1.77. The Balaban J connectivity index is 2.36. The first kappa shape index (κ1) is 11.1. The Morgan fingerprint density at radius 2 is 2.27 bits per heavy atom. The van der Waals surface area contributed by atoms with E-state index in [4.69, 9.17) is 0 Å². The average Bonchev–Trinajstić information content (AvgIpc) is 2.23. The molecule has 0 heterocycles. The number of amides is 2. The standard InChI is InChI=1S/C11H14N2O2/c1-2-6-12-11(15)13-8-9-4-3-5-10(14)7-9/h2-5,7,14H,1,6,8H2,(H2,12,13,15). The van der Waals surface area contributed by atoms with Crippen LogP contribution < -0.4 is 10.6 Å². The molecule has 80 valence electrons. The number of carbonyl (C=O) groups is 1. The Labute approximate surface area is 88.6 Å². The maximum atomic E-state index is 11.1. The van der Waals surface area contributed by atoms with E-state index in [1.807, 2.05) is 6.07 Å². The second-order valence-corrected chi connectivity index (χ2v) is 3.02. The van der Waals surface area contributed by atoms with E-state index < -0.39 is 0 Å². The molecule has 3 N–H and O–H groups in total. The molecule has 0 unspecified atom stereocenters. The van der Waals surface area contributed by atoms with Gasteiger partial charge in [0.1, 0.15) is 5.75 Å². The van der Waals surface area contributed by atoms with Crippen LogP contribution in [0, 0.1) is 0 Å². The van der Waals surface area contributed by atoms with Gasteiger partial charge in [0.2, 0.25) is 0 Å². The summed E-state index contributed by atoms with van der Waals surface area (Å²) in [4.78, 5) is 11.1. The van der Waals surface area contributed by atoms with Gasteiger partial charge in [-0.1, -0.05) is 18.2 Å². The predicted octanol–water partition coefficient (Wildman–Crippen LogP) is 1.38. The molecule has 0 atom stereocenters. The highest BCUT2D eigenvalue weighted by molar-refractivity contribution is 5.73. The molecule has 0 aromatic heterocycles. The van der Waals surface area contributed by atoms with Crippen molar-refractivity contribution in [3.63, 3.8) is 0 Å². The topological polar surface area (TPSA) is 61.4 Å². The lowest BCUT2D eigenvalue weighted by Gasteiger charge is -2.05. The molecule has 1 aromatic carbocycles. The van der Waals surface area contributed by atoms with Crippen LogP contribution in [0.3, 0.4) is 0 Å². The van der Waals surface area contributed by atoms with Crippen LogP contribution in [0.2, 0.25) is 0 Å². The lowest BCUT2D eigenvalue weighted by atomic mass is 10.2. The molecule has 0 aliphatic heterocycles. The fourth-order valence-electron chi connectivity index (χ4n) is 1.08. The van der Waals surface area contributed by atoms with E-state index >= 15 is 0 Å².